The van der Waals surface area contributed by atoms with Gasteiger partial charge in [0.1, 0.15) is 5.82 Å². The molecular formula is C19H23N7. The summed E-state index contributed by atoms with van der Waals surface area (Å²) in [6, 6.07) is 3.92. The molecule has 0 saturated carbocycles. The molecule has 7 nitrogen and oxygen atoms in total. The first-order chi connectivity index (χ1) is 12.9. The van der Waals surface area contributed by atoms with Crippen LogP contribution < -0.4 is 10.6 Å². The highest BCUT2D eigenvalue weighted by Gasteiger charge is 2.17. The van der Waals surface area contributed by atoms with Crippen molar-refractivity contribution in [2.45, 2.75) is 25.8 Å². The number of hydrogen-bond acceptors (Lipinski definition) is 6. The van der Waals surface area contributed by atoms with Gasteiger partial charge in [-0.1, -0.05) is 0 Å². The Morgan fingerprint density at radius 3 is 2.77 bits per heavy atom. The molecule has 0 saturated heterocycles. The van der Waals surface area contributed by atoms with Crippen molar-refractivity contribution in [2.75, 3.05) is 25.0 Å². The zero-order chi connectivity index (χ0) is 17.6. The van der Waals surface area contributed by atoms with Crippen LogP contribution in [-0.4, -0.2) is 44.1 Å². The highest BCUT2D eigenvalue weighted by molar-refractivity contribution is 5.59. The second-order valence-electron chi connectivity index (χ2n) is 6.39. The van der Waals surface area contributed by atoms with Crippen molar-refractivity contribution in [2.24, 2.45) is 0 Å². The monoisotopic (exact) mass is 349 g/mol. The van der Waals surface area contributed by atoms with E-state index in [1.807, 2.05) is 30.9 Å². The van der Waals surface area contributed by atoms with Gasteiger partial charge in [0, 0.05) is 62.0 Å². The first-order valence-electron chi connectivity index (χ1n) is 9.10. The fraction of sp³-hybridized carbons (Fsp3) is 0.368. The van der Waals surface area contributed by atoms with E-state index >= 15 is 0 Å². The van der Waals surface area contributed by atoms with Gasteiger partial charge in [-0.2, -0.15) is 0 Å². The first kappa shape index (κ1) is 16.7. The summed E-state index contributed by atoms with van der Waals surface area (Å²) >= 11 is 0. The maximum Gasteiger partial charge on any atom is 0.161 e. The Balaban J connectivity index is 1.55. The summed E-state index contributed by atoms with van der Waals surface area (Å²) in [7, 11) is 0. The lowest BCUT2D eigenvalue weighted by atomic mass is 10.1. The number of hydrogen-bond donors (Lipinski definition) is 2. The van der Waals surface area contributed by atoms with E-state index in [1.54, 1.807) is 12.4 Å². The van der Waals surface area contributed by atoms with Crippen LogP contribution in [0.1, 0.15) is 17.7 Å². The van der Waals surface area contributed by atoms with Gasteiger partial charge in [-0.05, 0) is 31.5 Å². The van der Waals surface area contributed by atoms with E-state index in [1.165, 1.54) is 5.56 Å². The van der Waals surface area contributed by atoms with Crippen LogP contribution in [0.5, 0.6) is 0 Å². The van der Waals surface area contributed by atoms with Gasteiger partial charge < -0.3 is 15.2 Å². The number of pyridine rings is 1. The van der Waals surface area contributed by atoms with Crippen molar-refractivity contribution in [3.8, 4) is 11.4 Å². The predicted octanol–water partition coefficient (Wildman–Crippen LogP) is 1.93. The van der Waals surface area contributed by atoms with Crippen LogP contribution >= 0.6 is 0 Å². The van der Waals surface area contributed by atoms with Gasteiger partial charge in [-0.3, -0.25) is 4.98 Å². The number of nitrogens with one attached hydrogen (secondary N) is 2. The second kappa shape index (κ2) is 8.05. The normalized spacial score (nSPS) is 13.8. The predicted molar refractivity (Wildman–Crippen MR) is 101 cm³/mol. The largest absolute Gasteiger partial charge is 0.370 e. The quantitative estimate of drug-likeness (QED) is 0.662. The SMILES string of the molecule is c1cc(-c2nc3c(c(NCCCn4ccnc4)n2)CCNCC3)ccn1. The van der Waals surface area contributed by atoms with Crippen molar-refractivity contribution < 1.29 is 0 Å². The Kier molecular flexibility index (Phi) is 5.16. The molecule has 0 bridgehead atoms. The van der Waals surface area contributed by atoms with Gasteiger partial charge in [0.05, 0.1) is 12.0 Å². The molecule has 0 unspecified atom stereocenters. The van der Waals surface area contributed by atoms with Crippen LogP contribution in [0.3, 0.4) is 0 Å². The van der Waals surface area contributed by atoms with E-state index in [-0.39, 0.29) is 0 Å². The van der Waals surface area contributed by atoms with Crippen LogP contribution in [0.2, 0.25) is 0 Å². The molecule has 134 valence electrons. The standard InChI is InChI=1S/C19H23N7/c1(12-26-13-11-22-14-26)6-23-19-16-4-9-21-10-5-17(16)24-18(25-19)15-2-7-20-8-3-15/h2-3,7-8,11,13-14,21H,1,4-6,9-10,12H2,(H,23,24,25). The molecule has 0 amide bonds. The van der Waals surface area contributed by atoms with Crippen molar-refractivity contribution >= 4 is 5.82 Å². The molecular weight excluding hydrogens is 326 g/mol. The van der Waals surface area contributed by atoms with Crippen molar-refractivity contribution in [3.05, 3.63) is 54.5 Å². The number of imidazole rings is 1. The first-order valence-corrected chi connectivity index (χ1v) is 9.10. The van der Waals surface area contributed by atoms with E-state index in [9.17, 15) is 0 Å². The number of fused-ring (bicyclic) bond motifs is 1. The van der Waals surface area contributed by atoms with E-state index in [0.29, 0.717) is 0 Å². The molecule has 2 N–H and O–H groups in total. The lowest BCUT2D eigenvalue weighted by molar-refractivity contribution is 0.659. The smallest absolute Gasteiger partial charge is 0.161 e. The van der Waals surface area contributed by atoms with Gasteiger partial charge >= 0.3 is 0 Å². The maximum absolute atomic E-state index is 4.84. The summed E-state index contributed by atoms with van der Waals surface area (Å²) < 4.78 is 2.09. The highest BCUT2D eigenvalue weighted by atomic mass is 15.1. The molecule has 7 heteroatoms. The topological polar surface area (TPSA) is 80.5 Å². The van der Waals surface area contributed by atoms with E-state index in [4.69, 9.17) is 9.97 Å². The molecule has 3 aromatic heterocycles. The third kappa shape index (κ3) is 3.88. The molecule has 0 atom stereocenters. The summed E-state index contributed by atoms with van der Waals surface area (Å²) in [6.07, 6.45) is 12.1. The maximum atomic E-state index is 4.84. The zero-order valence-electron chi connectivity index (χ0n) is 14.7. The van der Waals surface area contributed by atoms with Gasteiger partial charge in [-0.25, -0.2) is 15.0 Å². The molecule has 4 heterocycles. The van der Waals surface area contributed by atoms with Crippen LogP contribution in [-0.2, 0) is 19.4 Å². The molecule has 0 spiro atoms. The zero-order valence-corrected chi connectivity index (χ0v) is 14.7. The average Bonchev–Trinajstić information content (AvgIpc) is 3.09. The lowest BCUT2D eigenvalue weighted by Crippen LogP contribution is -2.16. The van der Waals surface area contributed by atoms with E-state index < -0.39 is 0 Å². The molecule has 26 heavy (non-hydrogen) atoms. The molecule has 0 aromatic carbocycles. The summed E-state index contributed by atoms with van der Waals surface area (Å²) in [5.74, 6) is 1.74. The Labute approximate surface area is 152 Å². The van der Waals surface area contributed by atoms with Crippen molar-refractivity contribution in [1.82, 2.24) is 29.8 Å². The van der Waals surface area contributed by atoms with E-state index in [0.717, 1.165) is 68.3 Å². The Morgan fingerprint density at radius 1 is 1.04 bits per heavy atom. The molecule has 3 aromatic rings. The van der Waals surface area contributed by atoms with Crippen molar-refractivity contribution in [1.29, 1.82) is 0 Å². The van der Waals surface area contributed by atoms with Crippen molar-refractivity contribution in [3.63, 3.8) is 0 Å². The molecule has 0 radical (unpaired) electrons. The second-order valence-corrected chi connectivity index (χ2v) is 6.39. The number of aryl methyl sites for hydroxylation is 1. The molecule has 1 aliphatic rings. The Morgan fingerprint density at radius 2 is 1.92 bits per heavy atom. The number of anilines is 1. The number of nitrogens with zero attached hydrogens (tertiary/aromatic N) is 5. The minimum Gasteiger partial charge on any atom is -0.370 e. The van der Waals surface area contributed by atoms with E-state index in [2.05, 4.69) is 25.2 Å². The molecule has 4 rings (SSSR count). The minimum atomic E-state index is 0.769. The lowest BCUT2D eigenvalue weighted by Gasteiger charge is -2.15. The minimum absolute atomic E-state index is 0.769. The summed E-state index contributed by atoms with van der Waals surface area (Å²) in [6.45, 7) is 3.73. The van der Waals surface area contributed by atoms with Gasteiger partial charge in [0.15, 0.2) is 5.82 Å². The summed E-state index contributed by atoms with van der Waals surface area (Å²) in [5, 5.41) is 7.00. The number of aromatic nitrogens is 5. The fourth-order valence-electron chi connectivity index (χ4n) is 3.21. The van der Waals surface area contributed by atoms with Crippen LogP contribution in [0.4, 0.5) is 5.82 Å². The molecule has 0 fully saturated rings. The Bertz CT molecular complexity index is 831. The third-order valence-electron chi connectivity index (χ3n) is 4.57. The average molecular weight is 349 g/mol. The van der Waals surface area contributed by atoms with Gasteiger partial charge in [0.25, 0.3) is 0 Å². The fourth-order valence-corrected chi connectivity index (χ4v) is 3.21. The van der Waals surface area contributed by atoms with Gasteiger partial charge in [-0.15, -0.1) is 0 Å². The molecule has 1 aliphatic heterocycles. The third-order valence-corrected chi connectivity index (χ3v) is 4.57. The van der Waals surface area contributed by atoms with Crippen LogP contribution in [0.15, 0.2) is 43.2 Å². The van der Waals surface area contributed by atoms with Crippen LogP contribution in [0.25, 0.3) is 11.4 Å². The van der Waals surface area contributed by atoms with Gasteiger partial charge in [0.2, 0.25) is 0 Å². The molecule has 0 aliphatic carbocycles. The van der Waals surface area contributed by atoms with Crippen LogP contribution in [0, 0.1) is 0 Å². The Hall–Kier alpha value is -2.80. The summed E-state index contributed by atoms with van der Waals surface area (Å²) in [4.78, 5) is 17.9. The highest BCUT2D eigenvalue weighted by Crippen LogP contribution is 2.24. The summed E-state index contributed by atoms with van der Waals surface area (Å²) in [5.41, 5.74) is 3.39. The number of rotatable bonds is 6.